The summed E-state index contributed by atoms with van der Waals surface area (Å²) in [6.45, 7) is 1.23. The number of amides is 3. The smallest absolute Gasteiger partial charge is 0.322 e. The van der Waals surface area contributed by atoms with E-state index in [4.69, 9.17) is 0 Å². The minimum atomic E-state index is -0.954. The zero-order valence-electron chi connectivity index (χ0n) is 13.7. The van der Waals surface area contributed by atoms with E-state index in [-0.39, 0.29) is 24.3 Å². The highest BCUT2D eigenvalue weighted by Gasteiger charge is 2.29. The van der Waals surface area contributed by atoms with Gasteiger partial charge in [-0.05, 0) is 18.1 Å². The molecule has 0 saturated carbocycles. The van der Waals surface area contributed by atoms with E-state index in [0.717, 1.165) is 16.5 Å². The van der Waals surface area contributed by atoms with Gasteiger partial charge in [-0.2, -0.15) is 0 Å². The van der Waals surface area contributed by atoms with Crippen LogP contribution in [0, 0.1) is 11.6 Å². The molecule has 3 amide bonds. The fourth-order valence-corrected chi connectivity index (χ4v) is 3.20. The third kappa shape index (κ3) is 2.75. The zero-order chi connectivity index (χ0) is 18.3. The average Bonchev–Trinajstić information content (AvgIpc) is 3.06. The van der Waals surface area contributed by atoms with Crippen molar-refractivity contribution in [2.24, 2.45) is 0 Å². The molecule has 26 heavy (non-hydrogen) atoms. The van der Waals surface area contributed by atoms with Crippen LogP contribution in [0.4, 0.5) is 19.3 Å². The van der Waals surface area contributed by atoms with Gasteiger partial charge in [-0.1, -0.05) is 0 Å². The number of anilines is 1. The molecule has 2 aliphatic rings. The number of benzene rings is 1. The number of halogens is 2. The molecule has 1 fully saturated rings. The summed E-state index contributed by atoms with van der Waals surface area (Å²) in [4.78, 5) is 35.3. The lowest BCUT2D eigenvalue weighted by atomic mass is 10.0. The van der Waals surface area contributed by atoms with Gasteiger partial charge in [0.05, 0.1) is 23.5 Å². The summed E-state index contributed by atoms with van der Waals surface area (Å²) in [7, 11) is 0. The molecule has 2 aliphatic heterocycles. The molecular weight excluding hydrogens is 344 g/mol. The standard InChI is InChI=1S/C17H15F2N5O2/c18-12-6-13(19)15(24-4-2-21-17(24)26)5-11(12)16(25)23-3-1-10-7-20-9-22-14(10)8-23/h5-7,9H,1-4,8H2,(H,21,26). The van der Waals surface area contributed by atoms with Crippen molar-refractivity contribution < 1.29 is 18.4 Å². The highest BCUT2D eigenvalue weighted by Crippen LogP contribution is 2.27. The van der Waals surface area contributed by atoms with Crippen LogP contribution in [0.25, 0.3) is 0 Å². The van der Waals surface area contributed by atoms with E-state index < -0.39 is 23.6 Å². The van der Waals surface area contributed by atoms with Crippen LogP contribution in [-0.2, 0) is 13.0 Å². The number of urea groups is 1. The minimum Gasteiger partial charge on any atom is -0.336 e. The summed E-state index contributed by atoms with van der Waals surface area (Å²) >= 11 is 0. The molecule has 1 N–H and O–H groups in total. The number of nitrogens with one attached hydrogen (secondary N) is 1. The van der Waals surface area contributed by atoms with E-state index in [9.17, 15) is 18.4 Å². The fraction of sp³-hybridized carbons (Fsp3) is 0.294. The molecule has 7 nitrogen and oxygen atoms in total. The van der Waals surface area contributed by atoms with Crippen LogP contribution in [0.1, 0.15) is 21.6 Å². The van der Waals surface area contributed by atoms with Crippen molar-refractivity contribution in [1.82, 2.24) is 20.2 Å². The number of carbonyl (C=O) groups is 2. The number of aromatic nitrogens is 2. The molecule has 3 heterocycles. The fourth-order valence-electron chi connectivity index (χ4n) is 3.20. The summed E-state index contributed by atoms with van der Waals surface area (Å²) < 4.78 is 28.4. The van der Waals surface area contributed by atoms with Crippen molar-refractivity contribution >= 4 is 17.6 Å². The first kappa shape index (κ1) is 16.4. The van der Waals surface area contributed by atoms with Crippen LogP contribution < -0.4 is 10.2 Å². The van der Waals surface area contributed by atoms with Gasteiger partial charge in [0.2, 0.25) is 0 Å². The van der Waals surface area contributed by atoms with Crippen molar-refractivity contribution in [3.05, 3.63) is 53.1 Å². The quantitative estimate of drug-likeness (QED) is 0.881. The van der Waals surface area contributed by atoms with E-state index in [1.807, 2.05) is 0 Å². The van der Waals surface area contributed by atoms with Gasteiger partial charge in [0.25, 0.3) is 5.91 Å². The summed E-state index contributed by atoms with van der Waals surface area (Å²) in [6, 6.07) is 1.28. The second-order valence-corrected chi connectivity index (χ2v) is 6.14. The number of hydrogen-bond donors (Lipinski definition) is 1. The lowest BCUT2D eigenvalue weighted by Gasteiger charge is -2.28. The summed E-state index contributed by atoms with van der Waals surface area (Å²) in [5.41, 5.74) is 1.29. The minimum absolute atomic E-state index is 0.107. The SMILES string of the molecule is O=C(c1cc(N2CCNC2=O)c(F)cc1F)N1CCc2cncnc2C1. The first-order chi connectivity index (χ1) is 12.5. The van der Waals surface area contributed by atoms with E-state index in [0.29, 0.717) is 31.3 Å². The van der Waals surface area contributed by atoms with Gasteiger partial charge < -0.3 is 10.2 Å². The summed E-state index contributed by atoms with van der Waals surface area (Å²) in [5, 5.41) is 2.55. The Balaban J connectivity index is 1.65. The molecule has 0 atom stereocenters. The Morgan fingerprint density at radius 3 is 2.81 bits per heavy atom. The van der Waals surface area contributed by atoms with Gasteiger partial charge in [-0.25, -0.2) is 23.5 Å². The second-order valence-electron chi connectivity index (χ2n) is 6.14. The lowest BCUT2D eigenvalue weighted by molar-refractivity contribution is 0.0726. The maximum absolute atomic E-state index is 14.3. The molecule has 0 spiro atoms. The Hall–Kier alpha value is -3.10. The lowest BCUT2D eigenvalue weighted by Crippen LogP contribution is -2.37. The predicted octanol–water partition coefficient (Wildman–Crippen LogP) is 1.48. The maximum atomic E-state index is 14.3. The molecule has 134 valence electrons. The molecule has 4 rings (SSSR count). The Bertz CT molecular complexity index is 905. The van der Waals surface area contributed by atoms with E-state index in [1.165, 1.54) is 11.2 Å². The molecule has 1 saturated heterocycles. The van der Waals surface area contributed by atoms with Crippen molar-refractivity contribution in [3.8, 4) is 0 Å². The number of carbonyl (C=O) groups excluding carboxylic acids is 2. The molecule has 0 bridgehead atoms. The highest BCUT2D eigenvalue weighted by molar-refractivity contribution is 5.98. The van der Waals surface area contributed by atoms with Crippen LogP contribution in [0.5, 0.6) is 0 Å². The number of fused-ring (bicyclic) bond motifs is 1. The topological polar surface area (TPSA) is 78.4 Å². The monoisotopic (exact) mass is 359 g/mol. The van der Waals surface area contributed by atoms with E-state index in [2.05, 4.69) is 15.3 Å². The van der Waals surface area contributed by atoms with Crippen molar-refractivity contribution in [2.75, 3.05) is 24.5 Å². The predicted molar refractivity (Wildman–Crippen MR) is 87.6 cm³/mol. The molecule has 0 aliphatic carbocycles. The third-order valence-corrected chi connectivity index (χ3v) is 4.57. The van der Waals surface area contributed by atoms with Gasteiger partial charge >= 0.3 is 6.03 Å². The van der Waals surface area contributed by atoms with Gasteiger partial charge in [0.1, 0.15) is 18.0 Å². The Kier molecular flexibility index (Phi) is 3.98. The van der Waals surface area contributed by atoms with Gasteiger partial charge in [0.15, 0.2) is 0 Å². The first-order valence-electron chi connectivity index (χ1n) is 8.16. The normalized spacial score (nSPS) is 16.5. The van der Waals surface area contributed by atoms with Gasteiger partial charge in [0, 0.05) is 31.9 Å². The largest absolute Gasteiger partial charge is 0.336 e. The van der Waals surface area contributed by atoms with Crippen molar-refractivity contribution in [1.29, 1.82) is 0 Å². The Labute approximate surface area is 147 Å². The van der Waals surface area contributed by atoms with Gasteiger partial charge in [-0.3, -0.25) is 9.69 Å². The molecule has 9 heteroatoms. The molecule has 2 aromatic rings. The highest BCUT2D eigenvalue weighted by atomic mass is 19.1. The number of rotatable bonds is 2. The maximum Gasteiger partial charge on any atom is 0.322 e. The van der Waals surface area contributed by atoms with Crippen molar-refractivity contribution in [3.63, 3.8) is 0 Å². The molecule has 1 aromatic carbocycles. The van der Waals surface area contributed by atoms with Crippen molar-refractivity contribution in [2.45, 2.75) is 13.0 Å². The third-order valence-electron chi connectivity index (χ3n) is 4.57. The Morgan fingerprint density at radius 2 is 2.04 bits per heavy atom. The molecule has 0 unspecified atom stereocenters. The van der Waals surface area contributed by atoms with Crippen LogP contribution in [0.15, 0.2) is 24.7 Å². The molecule has 0 radical (unpaired) electrons. The zero-order valence-corrected chi connectivity index (χ0v) is 13.7. The van der Waals surface area contributed by atoms with E-state index >= 15 is 0 Å². The number of hydrogen-bond acceptors (Lipinski definition) is 4. The van der Waals surface area contributed by atoms with Gasteiger partial charge in [-0.15, -0.1) is 0 Å². The molecular formula is C17H15F2N5O2. The summed E-state index contributed by atoms with van der Waals surface area (Å²) in [6.07, 6.45) is 3.66. The second kappa shape index (κ2) is 6.32. The van der Waals surface area contributed by atoms with Crippen LogP contribution >= 0.6 is 0 Å². The Morgan fingerprint density at radius 1 is 1.19 bits per heavy atom. The summed E-state index contributed by atoms with van der Waals surface area (Å²) in [5.74, 6) is -2.40. The number of nitrogens with zero attached hydrogens (tertiary/aromatic N) is 4. The first-order valence-corrected chi connectivity index (χ1v) is 8.16. The van der Waals surface area contributed by atoms with E-state index in [1.54, 1.807) is 6.20 Å². The van der Waals surface area contributed by atoms with Crippen LogP contribution in [0.2, 0.25) is 0 Å². The van der Waals surface area contributed by atoms with Crippen LogP contribution in [0.3, 0.4) is 0 Å². The molecule has 1 aromatic heterocycles. The average molecular weight is 359 g/mol. The van der Waals surface area contributed by atoms with Crippen LogP contribution in [-0.4, -0.2) is 46.4 Å².